The van der Waals surface area contributed by atoms with Crippen molar-refractivity contribution in [1.82, 2.24) is 9.55 Å². The summed E-state index contributed by atoms with van der Waals surface area (Å²) in [4.78, 5) is 50.5. The molecule has 0 saturated heterocycles. The molecule has 29 heavy (non-hydrogen) atoms. The molecule has 0 radical (unpaired) electrons. The molecule has 0 spiro atoms. The Morgan fingerprint density at radius 2 is 1.76 bits per heavy atom. The first-order valence-electron chi connectivity index (χ1n) is 7.44. The Labute approximate surface area is 162 Å². The number of anilines is 1. The molecule has 6 N–H and O–H groups in total. The van der Waals surface area contributed by atoms with E-state index in [9.17, 15) is 27.8 Å². The molecule has 1 heterocycles. The lowest BCUT2D eigenvalue weighted by Gasteiger charge is -2.25. The summed E-state index contributed by atoms with van der Waals surface area (Å²) in [5.41, 5.74) is 4.40. The summed E-state index contributed by atoms with van der Waals surface area (Å²) in [6.07, 6.45) is -3.37. The highest BCUT2D eigenvalue weighted by atomic mass is 31.3. The molecule has 0 amide bonds. The topological polar surface area (TPSA) is 230 Å². The van der Waals surface area contributed by atoms with Crippen molar-refractivity contribution in [3.05, 3.63) is 22.7 Å². The van der Waals surface area contributed by atoms with Crippen molar-refractivity contribution < 1.29 is 55.5 Å². The molecule has 0 aliphatic heterocycles. The van der Waals surface area contributed by atoms with Gasteiger partial charge in [0.2, 0.25) is 0 Å². The number of ether oxygens (including phenoxy) is 1. The molecule has 1 aromatic rings. The quantitative estimate of drug-likeness (QED) is 0.268. The number of halogens is 1. The van der Waals surface area contributed by atoms with Crippen LogP contribution in [0.15, 0.2) is 17.1 Å². The zero-order valence-corrected chi connectivity index (χ0v) is 17.5. The molecular weight excluding hydrogens is 466 g/mol. The molecule has 19 heteroatoms. The standard InChI is InChI=1S/C10H19FN3O12P3/c1-6(5-23-28(19,20)26-29(21,22)25-27(16,17)18)24-9(7(2)11)14-4-3-8(12)13-10(14)15/h3-4,6-7,9H,5H2,1-2H3,(H,19,20)(H,21,22)(H2,12,13,15)(H2,16,17,18)/t6-,7-,9+/m0/s1. The molecule has 2 unspecified atom stereocenters. The van der Waals surface area contributed by atoms with Gasteiger partial charge in [-0.25, -0.2) is 22.9 Å². The van der Waals surface area contributed by atoms with Crippen molar-refractivity contribution in [3.63, 3.8) is 0 Å². The van der Waals surface area contributed by atoms with E-state index in [1.807, 2.05) is 0 Å². The summed E-state index contributed by atoms with van der Waals surface area (Å²) >= 11 is 0. The van der Waals surface area contributed by atoms with Gasteiger partial charge in [0.05, 0.1) is 12.7 Å². The minimum absolute atomic E-state index is 0.114. The second-order valence-corrected chi connectivity index (χ2v) is 9.86. The number of rotatable bonds is 11. The second kappa shape index (κ2) is 9.86. The molecule has 1 rings (SSSR count). The predicted octanol–water partition coefficient (Wildman–Crippen LogP) is 0.430. The summed E-state index contributed by atoms with van der Waals surface area (Å²) in [7, 11) is -16.6. The highest BCUT2D eigenvalue weighted by molar-refractivity contribution is 7.66. The molecule has 5 atom stereocenters. The monoisotopic (exact) mass is 485 g/mol. The minimum Gasteiger partial charge on any atom is -0.383 e. The lowest BCUT2D eigenvalue weighted by atomic mass is 10.3. The van der Waals surface area contributed by atoms with E-state index in [1.165, 1.54) is 13.0 Å². The molecule has 0 aliphatic carbocycles. The van der Waals surface area contributed by atoms with Gasteiger partial charge in [0.25, 0.3) is 0 Å². The van der Waals surface area contributed by atoms with Crippen LogP contribution in [0.2, 0.25) is 0 Å². The number of aromatic nitrogens is 2. The van der Waals surface area contributed by atoms with Gasteiger partial charge in [-0.15, -0.1) is 0 Å². The lowest BCUT2D eigenvalue weighted by Crippen LogP contribution is -2.35. The van der Waals surface area contributed by atoms with Gasteiger partial charge in [-0.05, 0) is 19.9 Å². The number of hydrogen-bond acceptors (Lipinski definition) is 10. The third-order valence-corrected chi connectivity index (χ3v) is 6.58. The number of nitrogen functional groups attached to an aromatic ring is 1. The van der Waals surface area contributed by atoms with Crippen molar-refractivity contribution in [3.8, 4) is 0 Å². The Hall–Kier alpha value is -1.02. The zero-order chi connectivity index (χ0) is 22.6. The van der Waals surface area contributed by atoms with Crippen molar-refractivity contribution in [2.24, 2.45) is 0 Å². The SMILES string of the molecule is C[C@H](F)[C@@H](O[C@@H](C)COP(=O)(O)OP(=O)(O)OP(=O)(O)O)n1ccc(N)nc1=O. The van der Waals surface area contributed by atoms with E-state index in [0.717, 1.165) is 17.7 Å². The van der Waals surface area contributed by atoms with E-state index in [2.05, 4.69) is 18.1 Å². The molecule has 0 bridgehead atoms. The predicted molar refractivity (Wildman–Crippen MR) is 92.9 cm³/mol. The first kappa shape index (κ1) is 26.0. The van der Waals surface area contributed by atoms with Crippen LogP contribution in [0.5, 0.6) is 0 Å². The number of nitrogens with two attached hydrogens (primary N) is 1. The van der Waals surface area contributed by atoms with Gasteiger partial charge in [0, 0.05) is 6.20 Å². The summed E-state index contributed by atoms with van der Waals surface area (Å²) in [6, 6.07) is 1.21. The van der Waals surface area contributed by atoms with Crippen LogP contribution in [0.3, 0.4) is 0 Å². The van der Waals surface area contributed by atoms with Crippen molar-refractivity contribution in [2.75, 3.05) is 12.3 Å². The van der Waals surface area contributed by atoms with E-state index in [0.29, 0.717) is 0 Å². The van der Waals surface area contributed by atoms with Crippen molar-refractivity contribution in [2.45, 2.75) is 32.4 Å². The van der Waals surface area contributed by atoms with Crippen LogP contribution in [0.25, 0.3) is 0 Å². The molecule has 0 aromatic carbocycles. The van der Waals surface area contributed by atoms with Crippen LogP contribution in [0.4, 0.5) is 10.2 Å². The largest absolute Gasteiger partial charge is 0.490 e. The number of hydrogen-bond donors (Lipinski definition) is 5. The van der Waals surface area contributed by atoms with Crippen LogP contribution in [-0.4, -0.2) is 48.0 Å². The minimum atomic E-state index is -5.67. The molecule has 15 nitrogen and oxygen atoms in total. The van der Waals surface area contributed by atoms with Gasteiger partial charge in [0.15, 0.2) is 6.23 Å². The maximum atomic E-state index is 13.9. The second-order valence-electron chi connectivity index (χ2n) is 5.44. The van der Waals surface area contributed by atoms with E-state index in [4.69, 9.17) is 25.2 Å². The van der Waals surface area contributed by atoms with E-state index in [-0.39, 0.29) is 5.82 Å². The molecule has 168 valence electrons. The zero-order valence-electron chi connectivity index (χ0n) is 14.8. The van der Waals surface area contributed by atoms with Gasteiger partial charge in [-0.2, -0.15) is 13.6 Å². The third-order valence-electron chi connectivity index (χ3n) is 2.78. The summed E-state index contributed by atoms with van der Waals surface area (Å²) in [5.74, 6) is -0.114. The summed E-state index contributed by atoms with van der Waals surface area (Å²) < 4.78 is 64.7. The maximum Gasteiger partial charge on any atom is 0.490 e. The molecule has 0 saturated carbocycles. The highest BCUT2D eigenvalue weighted by Gasteiger charge is 2.41. The summed E-state index contributed by atoms with van der Waals surface area (Å²) in [5, 5.41) is 0. The Morgan fingerprint density at radius 1 is 1.17 bits per heavy atom. The van der Waals surface area contributed by atoms with Crippen LogP contribution in [0.1, 0.15) is 20.1 Å². The Kier molecular flexibility index (Phi) is 8.84. The Morgan fingerprint density at radius 3 is 2.24 bits per heavy atom. The van der Waals surface area contributed by atoms with Gasteiger partial charge in [0.1, 0.15) is 12.0 Å². The van der Waals surface area contributed by atoms with E-state index >= 15 is 0 Å². The Bertz CT molecular complexity index is 903. The van der Waals surface area contributed by atoms with E-state index in [1.54, 1.807) is 0 Å². The van der Waals surface area contributed by atoms with Crippen molar-refractivity contribution >= 4 is 29.3 Å². The third kappa shape index (κ3) is 9.55. The van der Waals surface area contributed by atoms with Crippen LogP contribution < -0.4 is 11.4 Å². The van der Waals surface area contributed by atoms with Gasteiger partial charge < -0.3 is 30.0 Å². The first-order valence-corrected chi connectivity index (χ1v) is 12.0. The fourth-order valence-electron chi connectivity index (χ4n) is 1.79. The Balaban J connectivity index is 2.78. The fraction of sp³-hybridized carbons (Fsp3) is 0.600. The van der Waals surface area contributed by atoms with Crippen LogP contribution >= 0.6 is 23.5 Å². The van der Waals surface area contributed by atoms with Gasteiger partial charge >= 0.3 is 29.2 Å². The smallest absolute Gasteiger partial charge is 0.383 e. The molecule has 0 fully saturated rings. The van der Waals surface area contributed by atoms with Crippen LogP contribution in [-0.2, 0) is 31.6 Å². The number of alkyl halides is 1. The normalized spacial score (nSPS) is 19.7. The van der Waals surface area contributed by atoms with Gasteiger partial charge in [-0.1, -0.05) is 0 Å². The number of nitrogens with zero attached hydrogens (tertiary/aromatic N) is 2. The number of phosphoric acid groups is 3. The van der Waals surface area contributed by atoms with E-state index < -0.39 is 54.3 Å². The van der Waals surface area contributed by atoms with Crippen LogP contribution in [0, 0.1) is 0 Å². The lowest BCUT2D eigenvalue weighted by molar-refractivity contribution is -0.0989. The van der Waals surface area contributed by atoms with Gasteiger partial charge in [-0.3, -0.25) is 9.09 Å². The highest BCUT2D eigenvalue weighted by Crippen LogP contribution is 2.66. The fourth-order valence-corrected chi connectivity index (χ4v) is 4.89. The first-order chi connectivity index (χ1) is 13.0. The molecular formula is C10H19FN3O12P3. The maximum absolute atomic E-state index is 13.9. The average molecular weight is 485 g/mol. The summed E-state index contributed by atoms with van der Waals surface area (Å²) in [6.45, 7) is 1.46. The number of phosphoric ester groups is 1. The molecule has 0 aliphatic rings. The molecule has 1 aromatic heterocycles. The van der Waals surface area contributed by atoms with Crippen molar-refractivity contribution in [1.29, 1.82) is 0 Å². The average Bonchev–Trinajstić information content (AvgIpc) is 2.47.